The SMILES string of the molecule is O=C(O)c1ccc(CN(CC2=CC=CC2)Cc2ccccc2B(O)O)cc1. The van der Waals surface area contributed by atoms with E-state index in [9.17, 15) is 14.8 Å². The van der Waals surface area contributed by atoms with E-state index in [-0.39, 0.29) is 5.56 Å². The van der Waals surface area contributed by atoms with E-state index in [1.54, 1.807) is 24.3 Å². The minimum atomic E-state index is -1.51. The Morgan fingerprint density at radius 2 is 1.74 bits per heavy atom. The van der Waals surface area contributed by atoms with Crippen molar-refractivity contribution in [1.29, 1.82) is 0 Å². The summed E-state index contributed by atoms with van der Waals surface area (Å²) in [6.45, 7) is 1.95. The van der Waals surface area contributed by atoms with Crippen molar-refractivity contribution in [2.45, 2.75) is 19.5 Å². The minimum absolute atomic E-state index is 0.266. The molecule has 0 aromatic heterocycles. The van der Waals surface area contributed by atoms with Gasteiger partial charge in [0.05, 0.1) is 5.56 Å². The lowest BCUT2D eigenvalue weighted by Crippen LogP contribution is -2.36. The molecule has 2 aromatic rings. The summed E-state index contributed by atoms with van der Waals surface area (Å²) in [6, 6.07) is 14.2. The maximum absolute atomic E-state index is 11.0. The molecule has 3 N–H and O–H groups in total. The van der Waals surface area contributed by atoms with E-state index in [2.05, 4.69) is 17.1 Å². The Kier molecular flexibility index (Phi) is 6.24. The number of aromatic carboxylic acids is 1. The molecule has 1 aliphatic carbocycles. The van der Waals surface area contributed by atoms with Gasteiger partial charge in [0.25, 0.3) is 0 Å². The number of benzene rings is 2. The molecule has 0 amide bonds. The number of carbonyl (C=O) groups is 1. The number of allylic oxidation sites excluding steroid dienone is 3. The van der Waals surface area contributed by atoms with Crippen molar-refractivity contribution in [2.75, 3.05) is 6.54 Å². The van der Waals surface area contributed by atoms with Crippen LogP contribution in [0.5, 0.6) is 0 Å². The summed E-state index contributed by atoms with van der Waals surface area (Å²) < 4.78 is 0. The average molecular weight is 363 g/mol. The summed E-state index contributed by atoms with van der Waals surface area (Å²) in [4.78, 5) is 13.3. The van der Waals surface area contributed by atoms with Gasteiger partial charge >= 0.3 is 13.1 Å². The van der Waals surface area contributed by atoms with Crippen LogP contribution >= 0.6 is 0 Å². The third-order valence-corrected chi connectivity index (χ3v) is 4.61. The van der Waals surface area contributed by atoms with Crippen molar-refractivity contribution in [2.24, 2.45) is 0 Å². The second kappa shape index (κ2) is 8.82. The Morgan fingerprint density at radius 3 is 2.37 bits per heavy atom. The molecule has 0 heterocycles. The monoisotopic (exact) mass is 363 g/mol. The van der Waals surface area contributed by atoms with Crippen LogP contribution in [0.1, 0.15) is 27.9 Å². The highest BCUT2D eigenvalue weighted by Crippen LogP contribution is 2.17. The standard InChI is InChI=1S/C21H22BNO4/c24-21(25)18-11-9-17(10-12-18)14-23(13-16-5-1-2-6-16)15-19-7-3-4-8-20(19)22(26)27/h1-5,7-12,26-27H,6,13-15H2,(H,24,25). The lowest BCUT2D eigenvalue weighted by molar-refractivity contribution is 0.0697. The van der Waals surface area contributed by atoms with Crippen LogP contribution < -0.4 is 5.46 Å². The first-order valence-corrected chi connectivity index (χ1v) is 8.86. The molecule has 0 bridgehead atoms. The summed E-state index contributed by atoms with van der Waals surface area (Å²) in [6.07, 6.45) is 7.17. The zero-order valence-electron chi connectivity index (χ0n) is 15.0. The molecule has 27 heavy (non-hydrogen) atoms. The Labute approximate surface area is 159 Å². The van der Waals surface area contributed by atoms with Crippen molar-refractivity contribution in [3.05, 3.63) is 89.0 Å². The van der Waals surface area contributed by atoms with E-state index < -0.39 is 13.1 Å². The second-order valence-electron chi connectivity index (χ2n) is 6.68. The molecule has 0 saturated carbocycles. The van der Waals surface area contributed by atoms with E-state index in [1.807, 2.05) is 30.3 Å². The molecule has 0 unspecified atom stereocenters. The molecule has 138 valence electrons. The molecule has 0 aliphatic heterocycles. The van der Waals surface area contributed by atoms with Crippen molar-refractivity contribution in [3.8, 4) is 0 Å². The first-order chi connectivity index (χ1) is 13.0. The van der Waals surface area contributed by atoms with Crippen LogP contribution in [0.15, 0.2) is 72.3 Å². The molecular weight excluding hydrogens is 341 g/mol. The summed E-state index contributed by atoms with van der Waals surface area (Å²) in [5.74, 6) is -0.938. The Hall–Kier alpha value is -2.67. The number of hydrogen-bond acceptors (Lipinski definition) is 4. The maximum atomic E-state index is 11.0. The van der Waals surface area contributed by atoms with Crippen LogP contribution in [0.2, 0.25) is 0 Å². The third-order valence-electron chi connectivity index (χ3n) is 4.61. The van der Waals surface area contributed by atoms with Gasteiger partial charge in [-0.2, -0.15) is 0 Å². The Morgan fingerprint density at radius 1 is 1.00 bits per heavy atom. The number of rotatable bonds is 8. The van der Waals surface area contributed by atoms with E-state index in [4.69, 9.17) is 5.11 Å². The first-order valence-electron chi connectivity index (χ1n) is 8.86. The normalized spacial score (nSPS) is 13.1. The highest BCUT2D eigenvalue weighted by molar-refractivity contribution is 6.59. The van der Waals surface area contributed by atoms with Crippen LogP contribution in [-0.2, 0) is 13.1 Å². The molecule has 0 spiro atoms. The summed E-state index contributed by atoms with van der Waals surface area (Å²) in [5.41, 5.74) is 3.93. The quantitative estimate of drug-likeness (QED) is 0.625. The van der Waals surface area contributed by atoms with E-state index in [1.165, 1.54) is 5.57 Å². The Balaban J connectivity index is 1.79. The van der Waals surface area contributed by atoms with E-state index in [0.29, 0.717) is 18.6 Å². The van der Waals surface area contributed by atoms with Gasteiger partial charge in [-0.3, -0.25) is 4.90 Å². The van der Waals surface area contributed by atoms with Crippen LogP contribution in [0.3, 0.4) is 0 Å². The molecular formula is C21H22BNO4. The van der Waals surface area contributed by atoms with Crippen LogP contribution in [0, 0.1) is 0 Å². The predicted molar refractivity (Wildman–Crippen MR) is 106 cm³/mol. The smallest absolute Gasteiger partial charge is 0.478 e. The van der Waals surface area contributed by atoms with Gasteiger partial charge in [-0.25, -0.2) is 4.79 Å². The van der Waals surface area contributed by atoms with Gasteiger partial charge in [0, 0.05) is 19.6 Å². The average Bonchev–Trinajstić information content (AvgIpc) is 3.15. The lowest BCUT2D eigenvalue weighted by Gasteiger charge is -2.24. The van der Waals surface area contributed by atoms with Crippen molar-refractivity contribution in [3.63, 3.8) is 0 Å². The fraction of sp³-hybridized carbons (Fsp3) is 0.190. The van der Waals surface area contributed by atoms with Crippen LogP contribution in [-0.4, -0.2) is 39.7 Å². The van der Waals surface area contributed by atoms with Gasteiger partial charge in [0.15, 0.2) is 0 Å². The highest BCUT2D eigenvalue weighted by Gasteiger charge is 2.18. The summed E-state index contributed by atoms with van der Waals surface area (Å²) in [5, 5.41) is 28.3. The molecule has 0 radical (unpaired) electrons. The fourth-order valence-corrected chi connectivity index (χ4v) is 3.25. The highest BCUT2D eigenvalue weighted by atomic mass is 16.4. The molecule has 0 atom stereocenters. The first kappa shape index (κ1) is 19.1. The zero-order chi connectivity index (χ0) is 19.2. The summed E-state index contributed by atoms with van der Waals surface area (Å²) >= 11 is 0. The fourth-order valence-electron chi connectivity index (χ4n) is 3.25. The molecule has 3 rings (SSSR count). The van der Waals surface area contributed by atoms with Gasteiger partial charge < -0.3 is 15.2 Å². The van der Waals surface area contributed by atoms with E-state index >= 15 is 0 Å². The molecule has 1 aliphatic rings. The molecule has 0 fully saturated rings. The van der Waals surface area contributed by atoms with Gasteiger partial charge in [0.2, 0.25) is 0 Å². The minimum Gasteiger partial charge on any atom is -0.478 e. The molecule has 5 nitrogen and oxygen atoms in total. The number of carboxylic acids is 1. The van der Waals surface area contributed by atoms with Crippen LogP contribution in [0.4, 0.5) is 0 Å². The number of carboxylic acid groups (broad SMARTS) is 1. The third kappa shape index (κ3) is 5.17. The van der Waals surface area contributed by atoms with Crippen molar-refractivity contribution in [1.82, 2.24) is 4.90 Å². The Bertz CT molecular complexity index is 859. The number of hydrogen-bond donors (Lipinski definition) is 3. The van der Waals surface area contributed by atoms with Gasteiger partial charge in [-0.15, -0.1) is 0 Å². The predicted octanol–water partition coefficient (Wildman–Crippen LogP) is 1.95. The second-order valence-corrected chi connectivity index (χ2v) is 6.68. The van der Waals surface area contributed by atoms with Gasteiger partial charge in [0.1, 0.15) is 0 Å². The lowest BCUT2D eigenvalue weighted by atomic mass is 9.77. The van der Waals surface area contributed by atoms with Crippen molar-refractivity contribution >= 4 is 18.6 Å². The topological polar surface area (TPSA) is 81.0 Å². The number of nitrogens with zero attached hydrogens (tertiary/aromatic N) is 1. The molecule has 0 saturated heterocycles. The largest absolute Gasteiger partial charge is 0.488 e. The summed E-state index contributed by atoms with van der Waals surface area (Å²) in [7, 11) is -1.51. The van der Waals surface area contributed by atoms with Gasteiger partial charge in [-0.05, 0) is 35.1 Å². The zero-order valence-corrected chi connectivity index (χ0v) is 15.0. The maximum Gasteiger partial charge on any atom is 0.488 e. The van der Waals surface area contributed by atoms with Crippen LogP contribution in [0.25, 0.3) is 0 Å². The van der Waals surface area contributed by atoms with Crippen molar-refractivity contribution < 1.29 is 19.9 Å². The molecule has 2 aromatic carbocycles. The van der Waals surface area contributed by atoms with E-state index in [0.717, 1.165) is 24.1 Å². The van der Waals surface area contributed by atoms with Gasteiger partial charge in [-0.1, -0.05) is 60.2 Å². The molecule has 6 heteroatoms.